The number of aliphatic imine (C=N–C) groups is 1. The number of nitrogens with zero attached hydrogens (tertiary/aromatic N) is 2. The average Bonchev–Trinajstić information content (AvgIpc) is 2.86. The van der Waals surface area contributed by atoms with Crippen molar-refractivity contribution in [3.63, 3.8) is 0 Å². The third kappa shape index (κ3) is 2.09. The molecule has 4 heteroatoms. The quantitative estimate of drug-likeness (QED) is 0.868. The van der Waals surface area contributed by atoms with Crippen molar-refractivity contribution in [3.8, 4) is 0 Å². The molecule has 1 aromatic rings. The van der Waals surface area contributed by atoms with Crippen molar-refractivity contribution in [1.29, 1.82) is 0 Å². The van der Waals surface area contributed by atoms with E-state index in [1.807, 2.05) is 47.4 Å². The summed E-state index contributed by atoms with van der Waals surface area (Å²) in [6, 6.07) is 9.80. The maximum Gasteiger partial charge on any atom is 0.204 e. The zero-order valence-electron chi connectivity index (χ0n) is 13.4. The number of carbonyl (C=O) groups is 1. The Hall–Kier alpha value is -2.20. The summed E-state index contributed by atoms with van der Waals surface area (Å²) < 4.78 is 0. The number of anilines is 1. The van der Waals surface area contributed by atoms with Gasteiger partial charge >= 0.3 is 0 Å². The first-order chi connectivity index (χ1) is 10.9. The first-order valence-corrected chi connectivity index (χ1v) is 8.03. The molecule has 2 aliphatic heterocycles. The Balaban J connectivity index is 1.85. The summed E-state index contributed by atoms with van der Waals surface area (Å²) in [7, 11) is 0. The van der Waals surface area contributed by atoms with Crippen LogP contribution in [0.25, 0.3) is 0 Å². The summed E-state index contributed by atoms with van der Waals surface area (Å²) in [4.78, 5) is 19.5. The second kappa shape index (κ2) is 4.65. The second-order valence-corrected chi connectivity index (χ2v) is 7.20. The number of hydrogen-bond acceptors (Lipinski definition) is 4. The van der Waals surface area contributed by atoms with E-state index in [-0.39, 0.29) is 11.2 Å². The molecule has 0 radical (unpaired) electrons. The molecule has 1 fully saturated rings. The Morgan fingerprint density at radius 2 is 1.96 bits per heavy atom. The number of para-hydroxylation sites is 1. The molecule has 2 heterocycles. The summed E-state index contributed by atoms with van der Waals surface area (Å²) >= 11 is 0. The lowest BCUT2D eigenvalue weighted by molar-refractivity contribution is -0.127. The van der Waals surface area contributed by atoms with Gasteiger partial charge in [-0.1, -0.05) is 44.2 Å². The van der Waals surface area contributed by atoms with Crippen molar-refractivity contribution in [2.45, 2.75) is 32.3 Å². The van der Waals surface area contributed by atoms with Gasteiger partial charge in [0.2, 0.25) is 5.78 Å². The number of fused-ring (bicyclic) bond motifs is 2. The molecule has 0 amide bonds. The van der Waals surface area contributed by atoms with Crippen LogP contribution in [0, 0.1) is 5.41 Å². The molecule has 1 atom stereocenters. The first kappa shape index (κ1) is 14.4. The van der Waals surface area contributed by atoms with E-state index < -0.39 is 5.60 Å². The number of benzene rings is 1. The van der Waals surface area contributed by atoms with E-state index in [9.17, 15) is 9.90 Å². The minimum atomic E-state index is -1.49. The molecule has 1 aromatic carbocycles. The number of rotatable bonds is 1. The molecule has 118 valence electrons. The standard InChI is InChI=1S/C19H20N2O2/c1-18(2)9-8-14-15(12-18)20-17-19(23,16(14)22)10-11-21(17)13-6-4-3-5-7-13/h3-8,12,23H,9-11H2,1-2H3. The Labute approximate surface area is 135 Å². The molecular formula is C19H20N2O2. The molecule has 4 rings (SSSR count). The Kier molecular flexibility index (Phi) is 2.91. The number of allylic oxidation sites excluding steroid dienone is 3. The summed E-state index contributed by atoms with van der Waals surface area (Å²) in [6.45, 7) is 4.85. The Morgan fingerprint density at radius 3 is 2.70 bits per heavy atom. The van der Waals surface area contributed by atoms with Gasteiger partial charge in [-0.05, 0) is 24.0 Å². The third-order valence-corrected chi connectivity index (χ3v) is 4.87. The maximum absolute atomic E-state index is 12.9. The van der Waals surface area contributed by atoms with Gasteiger partial charge < -0.3 is 10.0 Å². The molecule has 1 aliphatic carbocycles. The van der Waals surface area contributed by atoms with E-state index in [1.165, 1.54) is 0 Å². The lowest BCUT2D eigenvalue weighted by Crippen LogP contribution is -2.50. The van der Waals surface area contributed by atoms with Gasteiger partial charge in [0.15, 0.2) is 5.60 Å². The van der Waals surface area contributed by atoms with Crippen LogP contribution in [0.1, 0.15) is 26.7 Å². The van der Waals surface area contributed by atoms with Crippen molar-refractivity contribution >= 4 is 17.3 Å². The van der Waals surface area contributed by atoms with E-state index in [1.54, 1.807) is 0 Å². The van der Waals surface area contributed by atoms with E-state index in [0.717, 1.165) is 12.1 Å². The van der Waals surface area contributed by atoms with Crippen molar-refractivity contribution in [2.24, 2.45) is 10.4 Å². The highest BCUT2D eigenvalue weighted by Crippen LogP contribution is 2.42. The van der Waals surface area contributed by atoms with Crippen LogP contribution >= 0.6 is 0 Å². The van der Waals surface area contributed by atoms with Crippen LogP contribution in [-0.2, 0) is 4.79 Å². The lowest BCUT2D eigenvalue weighted by Gasteiger charge is -2.34. The highest BCUT2D eigenvalue weighted by Gasteiger charge is 2.53. The molecule has 4 nitrogen and oxygen atoms in total. The van der Waals surface area contributed by atoms with Crippen LogP contribution < -0.4 is 4.90 Å². The number of amidine groups is 1. The molecule has 23 heavy (non-hydrogen) atoms. The molecule has 1 N–H and O–H groups in total. The van der Waals surface area contributed by atoms with Crippen molar-refractivity contribution in [1.82, 2.24) is 0 Å². The van der Waals surface area contributed by atoms with Gasteiger partial charge in [0.1, 0.15) is 5.84 Å². The van der Waals surface area contributed by atoms with Crippen LogP contribution in [0.2, 0.25) is 0 Å². The lowest BCUT2D eigenvalue weighted by atomic mass is 9.77. The van der Waals surface area contributed by atoms with Gasteiger partial charge in [0, 0.05) is 24.2 Å². The van der Waals surface area contributed by atoms with Crippen molar-refractivity contribution in [3.05, 3.63) is 53.8 Å². The van der Waals surface area contributed by atoms with Gasteiger partial charge in [0.25, 0.3) is 0 Å². The topological polar surface area (TPSA) is 52.9 Å². The second-order valence-electron chi connectivity index (χ2n) is 7.20. The van der Waals surface area contributed by atoms with E-state index >= 15 is 0 Å². The SMILES string of the molecule is CC1(C)C=C2N=C3N(c4ccccc4)CCC3(O)C(=O)C2=CC1. The minimum Gasteiger partial charge on any atom is -0.374 e. The summed E-state index contributed by atoms with van der Waals surface area (Å²) in [5, 5.41) is 11.0. The fourth-order valence-corrected chi connectivity index (χ4v) is 3.56. The number of hydrogen-bond donors (Lipinski definition) is 1. The van der Waals surface area contributed by atoms with Crippen molar-refractivity contribution < 1.29 is 9.90 Å². The zero-order valence-corrected chi connectivity index (χ0v) is 13.4. The summed E-state index contributed by atoms with van der Waals surface area (Å²) in [5.41, 5.74) is 0.729. The van der Waals surface area contributed by atoms with Crippen LogP contribution in [0.3, 0.4) is 0 Å². The largest absolute Gasteiger partial charge is 0.374 e. The monoisotopic (exact) mass is 308 g/mol. The van der Waals surface area contributed by atoms with Gasteiger partial charge in [-0.2, -0.15) is 0 Å². The normalized spacial score (nSPS) is 28.6. The zero-order chi connectivity index (χ0) is 16.2. The average molecular weight is 308 g/mol. The van der Waals surface area contributed by atoms with E-state index in [4.69, 9.17) is 4.99 Å². The van der Waals surface area contributed by atoms with Crippen LogP contribution in [0.5, 0.6) is 0 Å². The maximum atomic E-state index is 12.9. The third-order valence-electron chi connectivity index (χ3n) is 4.87. The van der Waals surface area contributed by atoms with Gasteiger partial charge in [-0.15, -0.1) is 0 Å². The first-order valence-electron chi connectivity index (χ1n) is 8.03. The van der Waals surface area contributed by atoms with Crippen LogP contribution in [0.4, 0.5) is 5.69 Å². The van der Waals surface area contributed by atoms with Crippen LogP contribution in [0.15, 0.2) is 58.7 Å². The molecule has 3 aliphatic rings. The smallest absolute Gasteiger partial charge is 0.204 e. The molecule has 1 saturated heterocycles. The van der Waals surface area contributed by atoms with Gasteiger partial charge in [-0.3, -0.25) is 4.79 Å². The van der Waals surface area contributed by atoms with Gasteiger partial charge in [-0.25, -0.2) is 4.99 Å². The fraction of sp³-hybridized carbons (Fsp3) is 0.368. The Bertz CT molecular complexity index is 774. The predicted molar refractivity (Wildman–Crippen MR) is 90.4 cm³/mol. The minimum absolute atomic E-state index is 0.0190. The highest BCUT2D eigenvalue weighted by atomic mass is 16.3. The summed E-state index contributed by atoms with van der Waals surface area (Å²) in [5.74, 6) is 0.262. The van der Waals surface area contributed by atoms with E-state index in [0.29, 0.717) is 30.1 Å². The molecule has 0 bridgehead atoms. The molecule has 0 aromatic heterocycles. The number of Topliss-reactive ketones (excluding diaryl/α,β-unsaturated/α-hetero) is 1. The van der Waals surface area contributed by atoms with Gasteiger partial charge in [0.05, 0.1) is 5.70 Å². The fourth-order valence-electron chi connectivity index (χ4n) is 3.56. The van der Waals surface area contributed by atoms with E-state index in [2.05, 4.69) is 13.8 Å². The predicted octanol–water partition coefficient (Wildman–Crippen LogP) is 2.85. The number of carbonyl (C=O) groups excluding carboxylic acids is 1. The highest BCUT2D eigenvalue weighted by molar-refractivity contribution is 6.27. The Morgan fingerprint density at radius 1 is 1.22 bits per heavy atom. The number of aliphatic hydroxyl groups is 1. The molecule has 0 spiro atoms. The molecule has 0 saturated carbocycles. The number of ketones is 1. The summed E-state index contributed by atoms with van der Waals surface area (Å²) in [6.07, 6.45) is 5.16. The van der Waals surface area contributed by atoms with Crippen LogP contribution in [-0.4, -0.2) is 28.9 Å². The molecular weight excluding hydrogens is 288 g/mol. The molecule has 1 unspecified atom stereocenters. The van der Waals surface area contributed by atoms with Crippen molar-refractivity contribution in [2.75, 3.05) is 11.4 Å².